The molecule has 0 aliphatic rings. The Labute approximate surface area is 184 Å². The third-order valence-electron chi connectivity index (χ3n) is 4.99. The van der Waals surface area contributed by atoms with Crippen molar-refractivity contribution >= 4 is 11.0 Å². The van der Waals surface area contributed by atoms with Crippen molar-refractivity contribution in [2.75, 3.05) is 0 Å². The quantitative estimate of drug-likeness (QED) is 0.414. The van der Waals surface area contributed by atoms with Gasteiger partial charge in [-0.15, -0.1) is 15.0 Å². The fraction of sp³-hybridized carbons (Fsp3) is 0.308. The first-order valence-corrected chi connectivity index (χ1v) is 10.5. The van der Waals surface area contributed by atoms with Gasteiger partial charge in [0.05, 0.1) is 0 Å². The summed E-state index contributed by atoms with van der Waals surface area (Å²) in [5.41, 5.74) is 3.64. The molecule has 0 radical (unpaired) electrons. The van der Waals surface area contributed by atoms with Crippen LogP contribution in [0.15, 0.2) is 72.8 Å². The van der Waals surface area contributed by atoms with Crippen molar-refractivity contribution in [1.82, 2.24) is 15.0 Å². The summed E-state index contributed by atoms with van der Waals surface area (Å²) in [5, 5.41) is 27.9. The van der Waals surface area contributed by atoms with E-state index in [1.807, 2.05) is 42.5 Å². The number of phenolic OH excluding ortho intramolecular Hbond substituents is 2. The molecule has 0 amide bonds. The van der Waals surface area contributed by atoms with Gasteiger partial charge in [0.15, 0.2) is 0 Å². The van der Waals surface area contributed by atoms with Gasteiger partial charge < -0.3 is 10.2 Å². The highest BCUT2D eigenvalue weighted by atomic mass is 16.3. The summed E-state index contributed by atoms with van der Waals surface area (Å²) in [7, 11) is 0. The second-order valence-electron chi connectivity index (χ2n) is 9.64. The summed E-state index contributed by atoms with van der Waals surface area (Å²) < 4.78 is 0. The van der Waals surface area contributed by atoms with E-state index in [0.29, 0.717) is 11.4 Å². The molecule has 162 valence electrons. The first-order chi connectivity index (χ1) is 14.5. The standard InChI is InChI=1S/C20H25N3O.C6H6O/c1-19(2,3)13-20(4,5)14-10-11-18(24)17(12-14)23-21-15-8-6-7-9-16(15)22-23;7-6-4-2-1-3-5-6/h6-12,24H,13H2,1-5H3;1-5,7H. The number of phenols is 2. The van der Waals surface area contributed by atoms with Gasteiger partial charge in [-0.3, -0.25) is 0 Å². The van der Waals surface area contributed by atoms with Gasteiger partial charge in [0.2, 0.25) is 0 Å². The maximum Gasteiger partial charge on any atom is 0.143 e. The highest BCUT2D eigenvalue weighted by Crippen LogP contribution is 2.38. The minimum absolute atomic E-state index is 0.00667. The van der Waals surface area contributed by atoms with E-state index in [0.717, 1.165) is 17.5 Å². The highest BCUT2D eigenvalue weighted by molar-refractivity contribution is 5.73. The first kappa shape index (κ1) is 22.3. The highest BCUT2D eigenvalue weighted by Gasteiger charge is 2.28. The molecule has 31 heavy (non-hydrogen) atoms. The van der Waals surface area contributed by atoms with E-state index in [2.05, 4.69) is 44.8 Å². The zero-order chi connectivity index (χ0) is 22.6. The van der Waals surface area contributed by atoms with Crippen LogP contribution >= 0.6 is 0 Å². The van der Waals surface area contributed by atoms with Crippen molar-refractivity contribution in [2.45, 2.75) is 46.5 Å². The van der Waals surface area contributed by atoms with E-state index in [1.54, 1.807) is 30.3 Å². The molecule has 0 unspecified atom stereocenters. The van der Waals surface area contributed by atoms with E-state index >= 15 is 0 Å². The van der Waals surface area contributed by atoms with Crippen LogP contribution in [0, 0.1) is 5.41 Å². The molecular weight excluding hydrogens is 386 g/mol. The molecule has 4 rings (SSSR count). The van der Waals surface area contributed by atoms with Crippen molar-refractivity contribution in [3.63, 3.8) is 0 Å². The van der Waals surface area contributed by atoms with Crippen LogP contribution in [0.3, 0.4) is 0 Å². The summed E-state index contributed by atoms with van der Waals surface area (Å²) in [5.74, 6) is 0.508. The number of nitrogens with zero attached hydrogens (tertiary/aromatic N) is 3. The summed E-state index contributed by atoms with van der Waals surface area (Å²) >= 11 is 0. The normalized spacial score (nSPS) is 11.8. The fourth-order valence-electron chi connectivity index (χ4n) is 3.93. The predicted molar refractivity (Wildman–Crippen MR) is 126 cm³/mol. The Kier molecular flexibility index (Phi) is 6.34. The molecular formula is C26H31N3O2. The van der Waals surface area contributed by atoms with Crippen molar-refractivity contribution < 1.29 is 10.2 Å². The van der Waals surface area contributed by atoms with E-state index < -0.39 is 0 Å². The number of fused-ring (bicyclic) bond motifs is 1. The van der Waals surface area contributed by atoms with E-state index in [4.69, 9.17) is 5.11 Å². The monoisotopic (exact) mass is 417 g/mol. The van der Waals surface area contributed by atoms with Crippen molar-refractivity contribution in [1.29, 1.82) is 0 Å². The van der Waals surface area contributed by atoms with Crippen LogP contribution in [-0.2, 0) is 5.41 Å². The summed E-state index contributed by atoms with van der Waals surface area (Å²) in [6, 6.07) is 22.2. The summed E-state index contributed by atoms with van der Waals surface area (Å²) in [6.45, 7) is 11.2. The molecule has 0 aliphatic carbocycles. The Morgan fingerprint density at radius 2 is 1.29 bits per heavy atom. The van der Waals surface area contributed by atoms with E-state index in [-0.39, 0.29) is 16.6 Å². The summed E-state index contributed by atoms with van der Waals surface area (Å²) in [4.78, 5) is 1.52. The lowest BCUT2D eigenvalue weighted by atomic mass is 9.72. The molecule has 5 heteroatoms. The second kappa shape index (κ2) is 8.80. The average molecular weight is 418 g/mol. The number of para-hydroxylation sites is 1. The lowest BCUT2D eigenvalue weighted by Gasteiger charge is -2.33. The molecule has 3 aromatic carbocycles. The van der Waals surface area contributed by atoms with Gasteiger partial charge in [-0.1, -0.05) is 71.0 Å². The lowest BCUT2D eigenvalue weighted by Crippen LogP contribution is -2.25. The smallest absolute Gasteiger partial charge is 0.143 e. The Morgan fingerprint density at radius 1 is 0.742 bits per heavy atom. The van der Waals surface area contributed by atoms with Crippen molar-refractivity contribution in [2.24, 2.45) is 5.41 Å². The molecule has 0 atom stereocenters. The molecule has 5 nitrogen and oxygen atoms in total. The molecule has 0 fully saturated rings. The van der Waals surface area contributed by atoms with Crippen LogP contribution in [-0.4, -0.2) is 25.2 Å². The minimum atomic E-state index is -0.00667. The predicted octanol–water partition coefficient (Wildman–Crippen LogP) is 6.23. The Morgan fingerprint density at radius 3 is 1.77 bits per heavy atom. The number of hydrogen-bond acceptors (Lipinski definition) is 4. The molecule has 0 saturated heterocycles. The molecule has 0 saturated carbocycles. The molecule has 4 aromatic rings. The van der Waals surface area contributed by atoms with Crippen molar-refractivity contribution in [3.05, 3.63) is 78.4 Å². The number of aromatic nitrogens is 3. The SMILES string of the molecule is CC(C)(C)CC(C)(C)c1ccc(O)c(-n2nc3ccccc3n2)c1.Oc1ccccc1. The van der Waals surface area contributed by atoms with E-state index in [1.165, 1.54) is 10.4 Å². The van der Waals surface area contributed by atoms with Crippen LogP contribution in [0.2, 0.25) is 0 Å². The molecule has 0 spiro atoms. The van der Waals surface area contributed by atoms with Gasteiger partial charge in [0, 0.05) is 0 Å². The molecule has 0 aliphatic heterocycles. The average Bonchev–Trinajstić information content (AvgIpc) is 3.11. The third-order valence-corrected chi connectivity index (χ3v) is 4.99. The zero-order valence-electron chi connectivity index (χ0n) is 18.9. The van der Waals surface area contributed by atoms with Gasteiger partial charge in [-0.05, 0) is 59.2 Å². The topological polar surface area (TPSA) is 71.2 Å². The summed E-state index contributed by atoms with van der Waals surface area (Å²) in [6.07, 6.45) is 1.04. The Bertz CT molecular complexity index is 1110. The van der Waals surface area contributed by atoms with Gasteiger partial charge in [-0.2, -0.15) is 0 Å². The van der Waals surface area contributed by atoms with Gasteiger partial charge >= 0.3 is 0 Å². The van der Waals surface area contributed by atoms with Crippen LogP contribution < -0.4 is 0 Å². The van der Waals surface area contributed by atoms with Gasteiger partial charge in [0.1, 0.15) is 28.2 Å². The molecule has 2 N–H and O–H groups in total. The third kappa shape index (κ3) is 5.85. The molecule has 0 bridgehead atoms. The van der Waals surface area contributed by atoms with E-state index in [9.17, 15) is 5.11 Å². The van der Waals surface area contributed by atoms with Crippen molar-refractivity contribution in [3.8, 4) is 17.2 Å². The minimum Gasteiger partial charge on any atom is -0.508 e. The maximum absolute atomic E-state index is 10.3. The second-order valence-corrected chi connectivity index (χ2v) is 9.64. The first-order valence-electron chi connectivity index (χ1n) is 10.5. The van der Waals surface area contributed by atoms with Crippen LogP contribution in [0.4, 0.5) is 0 Å². The fourth-order valence-corrected chi connectivity index (χ4v) is 3.93. The molecule has 1 aromatic heterocycles. The van der Waals surface area contributed by atoms with Crippen LogP contribution in [0.5, 0.6) is 11.5 Å². The van der Waals surface area contributed by atoms with Crippen LogP contribution in [0.25, 0.3) is 16.7 Å². The Balaban J connectivity index is 0.000000330. The van der Waals surface area contributed by atoms with Gasteiger partial charge in [0.25, 0.3) is 0 Å². The van der Waals surface area contributed by atoms with Gasteiger partial charge in [-0.25, -0.2) is 0 Å². The number of rotatable bonds is 3. The number of aromatic hydroxyl groups is 2. The Hall–Kier alpha value is -3.34. The number of benzene rings is 3. The zero-order valence-corrected chi connectivity index (χ0v) is 18.9. The number of hydrogen-bond donors (Lipinski definition) is 2. The maximum atomic E-state index is 10.3. The lowest BCUT2D eigenvalue weighted by molar-refractivity contribution is 0.284. The molecule has 1 heterocycles. The largest absolute Gasteiger partial charge is 0.508 e. The van der Waals surface area contributed by atoms with Crippen LogP contribution in [0.1, 0.15) is 46.6 Å².